The van der Waals surface area contributed by atoms with Crippen LogP contribution in [-0.4, -0.2) is 30.4 Å². The Balaban J connectivity index is 3.27. The van der Waals surface area contributed by atoms with Gasteiger partial charge in [-0.25, -0.2) is 0 Å². The summed E-state index contributed by atoms with van der Waals surface area (Å²) in [7, 11) is 1.15. The summed E-state index contributed by atoms with van der Waals surface area (Å²) >= 11 is 5.66. The molecular formula is C16H19ClF3N3O2. The zero-order chi connectivity index (χ0) is 19.4. The van der Waals surface area contributed by atoms with Crippen molar-refractivity contribution < 1.29 is 22.7 Å². The van der Waals surface area contributed by atoms with Crippen molar-refractivity contribution in [2.75, 3.05) is 12.4 Å². The average molecular weight is 378 g/mol. The number of nitrogens with zero attached hydrogens (tertiary/aromatic N) is 1. The van der Waals surface area contributed by atoms with Gasteiger partial charge in [-0.3, -0.25) is 9.79 Å². The van der Waals surface area contributed by atoms with Crippen LogP contribution in [0.25, 0.3) is 0 Å². The van der Waals surface area contributed by atoms with Crippen molar-refractivity contribution >= 4 is 28.4 Å². The Morgan fingerprint density at radius 1 is 1.36 bits per heavy atom. The summed E-state index contributed by atoms with van der Waals surface area (Å²) in [5.74, 6) is -0.618. The van der Waals surface area contributed by atoms with Gasteiger partial charge in [0.2, 0.25) is 0 Å². The first kappa shape index (κ1) is 20.8. The molecular weight excluding hydrogens is 359 g/mol. The minimum Gasteiger partial charge on any atom is -0.491 e. The third kappa shape index (κ3) is 5.38. The minimum atomic E-state index is -4.92. The number of hydrogen-bond acceptors (Lipinski definition) is 4. The van der Waals surface area contributed by atoms with Gasteiger partial charge in [0.25, 0.3) is 5.91 Å². The van der Waals surface area contributed by atoms with E-state index in [1.54, 1.807) is 19.1 Å². The minimum absolute atomic E-state index is 0.109. The van der Waals surface area contributed by atoms with Crippen molar-refractivity contribution in [3.63, 3.8) is 0 Å². The number of carbonyl (C=O) groups excluding carboxylic acids is 1. The number of aliphatic imine (C=N–C) groups is 1. The molecule has 0 heterocycles. The number of ether oxygens (including phenoxy) is 1. The zero-order valence-electron chi connectivity index (χ0n) is 14.2. The number of carbonyl (C=O) groups is 1. The van der Waals surface area contributed by atoms with Crippen molar-refractivity contribution in [2.24, 2.45) is 10.7 Å². The number of amides is 1. The molecule has 0 unspecified atom stereocenters. The Bertz CT molecular complexity index is 713. The number of anilines is 1. The van der Waals surface area contributed by atoms with Gasteiger partial charge >= 0.3 is 6.18 Å². The van der Waals surface area contributed by atoms with E-state index >= 15 is 0 Å². The maximum atomic E-state index is 12.9. The predicted octanol–water partition coefficient (Wildman–Crippen LogP) is 3.76. The lowest BCUT2D eigenvalue weighted by Crippen LogP contribution is -2.30. The van der Waals surface area contributed by atoms with E-state index in [2.05, 4.69) is 10.3 Å². The third-order valence-electron chi connectivity index (χ3n) is 3.10. The van der Waals surface area contributed by atoms with Gasteiger partial charge in [0.15, 0.2) is 0 Å². The number of hydrogen-bond donors (Lipinski definition) is 2. The van der Waals surface area contributed by atoms with Crippen LogP contribution in [0.5, 0.6) is 5.75 Å². The molecule has 1 rings (SSSR count). The zero-order valence-corrected chi connectivity index (χ0v) is 14.9. The van der Waals surface area contributed by atoms with Crippen LogP contribution in [0, 0.1) is 6.92 Å². The highest BCUT2D eigenvalue weighted by atomic mass is 35.5. The van der Waals surface area contributed by atoms with Crippen molar-refractivity contribution in [3.8, 4) is 5.75 Å². The fraction of sp³-hybridized carbons (Fsp3) is 0.375. The second-order valence-electron chi connectivity index (χ2n) is 5.35. The SMILES string of the molecule is CN=C(Cl)C(C(=O)Nc1cccc(OC(C)C)c1C)=C(N)C(F)(F)F. The molecule has 138 valence electrons. The van der Waals surface area contributed by atoms with Crippen LogP contribution in [0.2, 0.25) is 0 Å². The maximum Gasteiger partial charge on any atom is 0.431 e. The normalized spacial score (nSPS) is 13.6. The summed E-state index contributed by atoms with van der Waals surface area (Å²) < 4.78 is 44.2. The van der Waals surface area contributed by atoms with E-state index in [4.69, 9.17) is 22.1 Å². The summed E-state index contributed by atoms with van der Waals surface area (Å²) in [6, 6.07) is 4.82. The summed E-state index contributed by atoms with van der Waals surface area (Å²) in [4.78, 5) is 15.8. The molecule has 1 aromatic rings. The topological polar surface area (TPSA) is 76.7 Å². The average Bonchev–Trinajstić information content (AvgIpc) is 2.49. The molecule has 0 saturated carbocycles. The highest BCUT2D eigenvalue weighted by Crippen LogP contribution is 2.29. The molecule has 0 spiro atoms. The van der Waals surface area contributed by atoms with Gasteiger partial charge in [-0.05, 0) is 32.9 Å². The number of halogens is 4. The van der Waals surface area contributed by atoms with Crippen molar-refractivity contribution in [1.82, 2.24) is 0 Å². The molecule has 3 N–H and O–H groups in total. The van der Waals surface area contributed by atoms with E-state index in [-0.39, 0.29) is 11.8 Å². The predicted molar refractivity (Wildman–Crippen MR) is 92.1 cm³/mol. The number of nitrogens with two attached hydrogens (primary N) is 1. The molecule has 0 atom stereocenters. The molecule has 0 fully saturated rings. The molecule has 0 saturated heterocycles. The first-order valence-corrected chi connectivity index (χ1v) is 7.64. The van der Waals surface area contributed by atoms with E-state index < -0.39 is 28.5 Å². The second kappa shape index (κ2) is 8.24. The molecule has 0 radical (unpaired) electrons. The van der Waals surface area contributed by atoms with Gasteiger partial charge in [-0.1, -0.05) is 17.7 Å². The molecule has 0 aromatic heterocycles. The molecule has 0 aliphatic rings. The van der Waals surface area contributed by atoms with Gasteiger partial charge < -0.3 is 15.8 Å². The van der Waals surface area contributed by atoms with Crippen molar-refractivity contribution in [2.45, 2.75) is 33.1 Å². The summed E-state index contributed by atoms with van der Waals surface area (Å²) in [6.07, 6.45) is -5.03. The number of rotatable bonds is 5. The van der Waals surface area contributed by atoms with Crippen LogP contribution in [-0.2, 0) is 4.79 Å². The van der Waals surface area contributed by atoms with Gasteiger partial charge in [0.1, 0.15) is 22.2 Å². The number of alkyl halides is 3. The fourth-order valence-corrected chi connectivity index (χ4v) is 2.08. The van der Waals surface area contributed by atoms with Crippen LogP contribution in [0.4, 0.5) is 18.9 Å². The maximum absolute atomic E-state index is 12.9. The lowest BCUT2D eigenvalue weighted by Gasteiger charge is -2.17. The second-order valence-corrected chi connectivity index (χ2v) is 5.71. The first-order chi connectivity index (χ1) is 11.5. The van der Waals surface area contributed by atoms with E-state index in [1.165, 1.54) is 6.07 Å². The third-order valence-corrected chi connectivity index (χ3v) is 3.46. The number of benzene rings is 1. The summed E-state index contributed by atoms with van der Waals surface area (Å²) in [5.41, 5.74) is 3.34. The van der Waals surface area contributed by atoms with Crippen LogP contribution in [0.1, 0.15) is 19.4 Å². The van der Waals surface area contributed by atoms with Crippen molar-refractivity contribution in [3.05, 3.63) is 35.0 Å². The van der Waals surface area contributed by atoms with Gasteiger partial charge in [-0.15, -0.1) is 0 Å². The Labute approximate surface area is 148 Å². The molecule has 25 heavy (non-hydrogen) atoms. The quantitative estimate of drug-likeness (QED) is 0.606. The fourth-order valence-electron chi connectivity index (χ4n) is 1.90. The van der Waals surface area contributed by atoms with Gasteiger partial charge in [0.05, 0.1) is 6.10 Å². The smallest absolute Gasteiger partial charge is 0.431 e. The van der Waals surface area contributed by atoms with Crippen LogP contribution >= 0.6 is 11.6 Å². The molecule has 9 heteroatoms. The highest BCUT2D eigenvalue weighted by molar-refractivity contribution is 6.72. The molecule has 0 aliphatic heterocycles. The van der Waals surface area contributed by atoms with E-state index in [9.17, 15) is 18.0 Å². The van der Waals surface area contributed by atoms with Crippen LogP contribution in [0.3, 0.4) is 0 Å². The lowest BCUT2D eigenvalue weighted by molar-refractivity contribution is -0.114. The lowest BCUT2D eigenvalue weighted by atomic mass is 10.1. The molecule has 1 amide bonds. The van der Waals surface area contributed by atoms with E-state index in [0.29, 0.717) is 11.3 Å². The number of nitrogens with one attached hydrogen (secondary N) is 1. The van der Waals surface area contributed by atoms with Crippen molar-refractivity contribution in [1.29, 1.82) is 0 Å². The first-order valence-electron chi connectivity index (χ1n) is 7.26. The summed E-state index contributed by atoms with van der Waals surface area (Å²) in [5, 5.41) is 1.73. The summed E-state index contributed by atoms with van der Waals surface area (Å²) in [6.45, 7) is 5.32. The standard InChI is InChI=1S/C16H19ClF3N3O2/c1-8(2)25-11-7-5-6-10(9(11)3)23-15(24)12(14(17)22-4)13(21)16(18,19)20/h5-8H,21H2,1-4H3,(H,23,24). The Kier molecular flexibility index (Phi) is 6.87. The molecule has 0 aliphatic carbocycles. The van der Waals surface area contributed by atoms with E-state index in [0.717, 1.165) is 7.05 Å². The Morgan fingerprint density at radius 3 is 2.44 bits per heavy atom. The highest BCUT2D eigenvalue weighted by Gasteiger charge is 2.37. The monoisotopic (exact) mass is 377 g/mol. The largest absolute Gasteiger partial charge is 0.491 e. The number of allylic oxidation sites excluding steroid dienone is 1. The Hall–Kier alpha value is -2.22. The van der Waals surface area contributed by atoms with Gasteiger partial charge in [-0.2, -0.15) is 13.2 Å². The van der Waals surface area contributed by atoms with Gasteiger partial charge in [0, 0.05) is 18.3 Å². The van der Waals surface area contributed by atoms with E-state index in [1.807, 2.05) is 13.8 Å². The van der Waals surface area contributed by atoms with Crippen LogP contribution < -0.4 is 15.8 Å². The Morgan fingerprint density at radius 2 is 1.96 bits per heavy atom. The molecule has 5 nitrogen and oxygen atoms in total. The molecule has 1 aromatic carbocycles. The van der Waals surface area contributed by atoms with Crippen LogP contribution in [0.15, 0.2) is 34.5 Å². The molecule has 0 bridgehead atoms.